The van der Waals surface area contributed by atoms with E-state index in [1.54, 1.807) is 0 Å². The predicted molar refractivity (Wildman–Crippen MR) is 72.7 cm³/mol. The lowest BCUT2D eigenvalue weighted by Crippen LogP contribution is -2.32. The number of sulfonamides is 1. The van der Waals surface area contributed by atoms with Crippen LogP contribution in [0.25, 0.3) is 0 Å². The molecule has 0 heterocycles. The fraction of sp³-hybridized carbons (Fsp3) is 0.500. The molecule has 4 nitrogen and oxygen atoms in total. The largest absolute Gasteiger partial charge is 0.492 e. The summed E-state index contributed by atoms with van der Waals surface area (Å²) in [5.74, 6) is 0.381. The highest BCUT2D eigenvalue weighted by Gasteiger charge is 2.18. The molecule has 0 aliphatic carbocycles. The first-order chi connectivity index (χ1) is 8.40. The first-order valence-electron chi connectivity index (χ1n) is 5.85. The van der Waals surface area contributed by atoms with Gasteiger partial charge in [0.2, 0.25) is 10.0 Å². The zero-order chi connectivity index (χ0) is 13.8. The number of nitrogens with one attached hydrogen (secondary N) is 1. The minimum Gasteiger partial charge on any atom is -0.492 e. The maximum absolute atomic E-state index is 12.1. The second-order valence-electron chi connectivity index (χ2n) is 3.96. The molecule has 102 valence electrons. The van der Waals surface area contributed by atoms with Crippen molar-refractivity contribution in [2.24, 2.45) is 0 Å². The summed E-state index contributed by atoms with van der Waals surface area (Å²) in [6, 6.07) is 4.32. The molecule has 0 saturated heterocycles. The molecular weight excluding hydrogens is 274 g/mol. The highest BCUT2D eigenvalue weighted by molar-refractivity contribution is 7.89. The Morgan fingerprint density at radius 1 is 1.39 bits per heavy atom. The maximum atomic E-state index is 12.1. The molecule has 0 saturated carbocycles. The highest BCUT2D eigenvalue weighted by atomic mass is 35.5. The smallest absolute Gasteiger partial charge is 0.240 e. The van der Waals surface area contributed by atoms with Crippen molar-refractivity contribution in [2.45, 2.75) is 38.1 Å². The van der Waals surface area contributed by atoms with Gasteiger partial charge in [-0.25, -0.2) is 13.1 Å². The Bertz CT molecular complexity index is 502. The second-order valence-corrected chi connectivity index (χ2v) is 6.08. The van der Waals surface area contributed by atoms with E-state index in [0.717, 1.165) is 6.42 Å². The van der Waals surface area contributed by atoms with Crippen LogP contribution >= 0.6 is 11.6 Å². The molecule has 1 N–H and O–H groups in total. The molecule has 1 aromatic carbocycles. The summed E-state index contributed by atoms with van der Waals surface area (Å²) >= 11 is 5.92. The van der Waals surface area contributed by atoms with E-state index in [9.17, 15) is 8.42 Å². The Labute approximate surface area is 113 Å². The summed E-state index contributed by atoms with van der Waals surface area (Å²) < 4.78 is 32.0. The Hall–Kier alpha value is -0.780. The van der Waals surface area contributed by atoms with Crippen molar-refractivity contribution in [1.29, 1.82) is 0 Å². The average Bonchev–Trinajstić information content (AvgIpc) is 2.31. The molecule has 1 atom stereocenters. The third-order valence-electron chi connectivity index (χ3n) is 2.48. The Morgan fingerprint density at radius 3 is 2.61 bits per heavy atom. The quantitative estimate of drug-likeness (QED) is 0.877. The summed E-state index contributed by atoms with van der Waals surface area (Å²) in [5, 5.41) is 0.402. The lowest BCUT2D eigenvalue weighted by Gasteiger charge is -2.13. The van der Waals surface area contributed by atoms with E-state index in [1.165, 1.54) is 18.2 Å². The first kappa shape index (κ1) is 15.3. The van der Waals surface area contributed by atoms with Gasteiger partial charge in [0.1, 0.15) is 5.75 Å². The van der Waals surface area contributed by atoms with Crippen LogP contribution in [0.5, 0.6) is 5.75 Å². The summed E-state index contributed by atoms with van der Waals surface area (Å²) in [7, 11) is -3.52. The predicted octanol–water partition coefficient (Wildman–Crippen LogP) is 2.82. The van der Waals surface area contributed by atoms with Crippen LogP contribution in [-0.2, 0) is 10.0 Å². The zero-order valence-corrected chi connectivity index (χ0v) is 12.3. The van der Waals surface area contributed by atoms with Gasteiger partial charge >= 0.3 is 0 Å². The van der Waals surface area contributed by atoms with Gasteiger partial charge in [-0.3, -0.25) is 0 Å². The molecule has 0 aliphatic heterocycles. The minimum atomic E-state index is -3.52. The maximum Gasteiger partial charge on any atom is 0.240 e. The van der Waals surface area contributed by atoms with Crippen LogP contribution < -0.4 is 9.46 Å². The highest BCUT2D eigenvalue weighted by Crippen LogP contribution is 2.27. The van der Waals surface area contributed by atoms with Crippen LogP contribution in [0, 0.1) is 0 Å². The van der Waals surface area contributed by atoms with Gasteiger partial charge in [-0.1, -0.05) is 18.5 Å². The summed E-state index contributed by atoms with van der Waals surface area (Å²) in [5.41, 5.74) is 0. The Morgan fingerprint density at radius 2 is 2.06 bits per heavy atom. The van der Waals surface area contributed by atoms with Crippen LogP contribution in [0.2, 0.25) is 5.02 Å². The lowest BCUT2D eigenvalue weighted by molar-refractivity contribution is 0.339. The van der Waals surface area contributed by atoms with Gasteiger partial charge in [0, 0.05) is 12.1 Å². The van der Waals surface area contributed by atoms with Crippen molar-refractivity contribution in [2.75, 3.05) is 6.61 Å². The van der Waals surface area contributed by atoms with Crippen LogP contribution in [0.4, 0.5) is 0 Å². The minimum absolute atomic E-state index is 0.110. The molecule has 1 aromatic rings. The molecule has 0 fully saturated rings. The van der Waals surface area contributed by atoms with Gasteiger partial charge < -0.3 is 4.74 Å². The van der Waals surface area contributed by atoms with Crippen molar-refractivity contribution in [3.63, 3.8) is 0 Å². The van der Waals surface area contributed by atoms with Gasteiger partial charge in [-0.2, -0.15) is 0 Å². The normalized spacial score (nSPS) is 13.3. The third kappa shape index (κ3) is 3.86. The van der Waals surface area contributed by atoms with E-state index < -0.39 is 10.0 Å². The Balaban J connectivity index is 3.05. The van der Waals surface area contributed by atoms with E-state index >= 15 is 0 Å². The molecule has 1 rings (SSSR count). The van der Waals surface area contributed by atoms with Crippen molar-refractivity contribution in [3.8, 4) is 5.75 Å². The fourth-order valence-electron chi connectivity index (χ4n) is 1.33. The molecular formula is C12H18ClNO3S. The third-order valence-corrected chi connectivity index (χ3v) is 4.38. The van der Waals surface area contributed by atoms with Gasteiger partial charge in [0.15, 0.2) is 0 Å². The first-order valence-corrected chi connectivity index (χ1v) is 7.71. The van der Waals surface area contributed by atoms with Gasteiger partial charge in [-0.05, 0) is 32.4 Å². The molecule has 0 bridgehead atoms. The number of ether oxygens (including phenoxy) is 1. The van der Waals surface area contributed by atoms with Gasteiger partial charge in [0.05, 0.1) is 16.5 Å². The monoisotopic (exact) mass is 291 g/mol. The SMILES string of the molecule is CCOc1cc(S(=O)(=O)NC(C)CC)ccc1Cl. The number of hydrogen-bond acceptors (Lipinski definition) is 3. The molecule has 6 heteroatoms. The summed E-state index contributed by atoms with van der Waals surface area (Å²) in [6.45, 7) is 5.98. The van der Waals surface area contributed by atoms with Crippen molar-refractivity contribution in [3.05, 3.63) is 23.2 Å². The van der Waals surface area contributed by atoms with Crippen LogP contribution in [-0.4, -0.2) is 21.1 Å². The van der Waals surface area contributed by atoms with Crippen molar-refractivity contribution < 1.29 is 13.2 Å². The topological polar surface area (TPSA) is 55.4 Å². The molecule has 0 aliphatic rings. The number of hydrogen-bond donors (Lipinski definition) is 1. The van der Waals surface area contributed by atoms with Crippen LogP contribution in [0.3, 0.4) is 0 Å². The summed E-state index contributed by atoms with van der Waals surface area (Å²) in [4.78, 5) is 0.163. The number of halogens is 1. The second kappa shape index (κ2) is 6.41. The number of rotatable bonds is 6. The fourth-order valence-corrected chi connectivity index (χ4v) is 2.85. The lowest BCUT2D eigenvalue weighted by atomic mass is 10.3. The molecule has 0 radical (unpaired) electrons. The zero-order valence-electron chi connectivity index (χ0n) is 10.7. The molecule has 0 aromatic heterocycles. The standard InChI is InChI=1S/C12H18ClNO3S/c1-4-9(3)14-18(15,16)10-6-7-11(13)12(8-10)17-5-2/h6-9,14H,4-5H2,1-3H3. The molecule has 18 heavy (non-hydrogen) atoms. The van der Waals surface area contributed by atoms with E-state index in [1.807, 2.05) is 20.8 Å². The van der Waals surface area contributed by atoms with Crippen molar-refractivity contribution >= 4 is 21.6 Å². The van der Waals surface area contributed by atoms with E-state index in [0.29, 0.717) is 17.4 Å². The summed E-state index contributed by atoms with van der Waals surface area (Å²) in [6.07, 6.45) is 0.727. The Kier molecular flexibility index (Phi) is 5.44. The van der Waals surface area contributed by atoms with Gasteiger partial charge in [0.25, 0.3) is 0 Å². The van der Waals surface area contributed by atoms with Crippen LogP contribution in [0.15, 0.2) is 23.1 Å². The van der Waals surface area contributed by atoms with E-state index in [-0.39, 0.29) is 10.9 Å². The van der Waals surface area contributed by atoms with E-state index in [4.69, 9.17) is 16.3 Å². The van der Waals surface area contributed by atoms with Crippen molar-refractivity contribution in [1.82, 2.24) is 4.72 Å². The van der Waals surface area contributed by atoms with Gasteiger partial charge in [-0.15, -0.1) is 0 Å². The van der Waals surface area contributed by atoms with E-state index in [2.05, 4.69) is 4.72 Å². The van der Waals surface area contributed by atoms with Crippen LogP contribution in [0.1, 0.15) is 27.2 Å². The number of benzene rings is 1. The molecule has 0 spiro atoms. The average molecular weight is 292 g/mol. The molecule has 1 unspecified atom stereocenters. The molecule has 0 amide bonds.